The van der Waals surface area contributed by atoms with Gasteiger partial charge in [-0.15, -0.1) is 34.0 Å². The standard InChI is InChI=1S/C27H23BrN4S.C17H17BrN4S.C3HBr2NS/c28-22-6-5-18-12-20(4-3-19(18)13-22)24-16-33-26(31-24)32-9-7-27(8-10-32)14-21-2-1-17(15-29)11-23(21)25(27)30;18-14-10-23-16(21-14)22-5-3-17(4-6-22)8-12-2-1-11(9-19)7-13(12)15(17)20;4-2-1-7-3(5)6-2/h1-6,11-13,16,25H,7-10,14,30H2;1-2,7,10,15H,3-6,8,20H2;1H/t25-;15-;/m11./s1. The predicted octanol–water partition coefficient (Wildman–Crippen LogP) is 12.7. The molecule has 4 N–H and O–H groups in total. The van der Waals surface area contributed by atoms with Gasteiger partial charge in [0.15, 0.2) is 14.2 Å². The number of anilines is 2. The molecule has 7 aromatic rings. The molecule has 3 aromatic heterocycles. The number of rotatable bonds is 3. The normalized spacial score (nSPS) is 19.1. The number of hydrogen-bond acceptors (Lipinski definition) is 12. The Kier molecular flexibility index (Phi) is 13.3. The topological polar surface area (TPSA) is 145 Å². The molecule has 2 aliphatic carbocycles. The molecule has 63 heavy (non-hydrogen) atoms. The Balaban J connectivity index is 0.000000145. The van der Waals surface area contributed by atoms with Crippen LogP contribution in [0.15, 0.2) is 107 Å². The highest BCUT2D eigenvalue weighted by atomic mass is 79.9. The molecular formula is C47H41Br4N9S3. The van der Waals surface area contributed by atoms with Gasteiger partial charge in [-0.3, -0.25) is 0 Å². The summed E-state index contributed by atoms with van der Waals surface area (Å²) in [6, 6.07) is 29.4. The maximum Gasteiger partial charge on any atom is 0.186 e. The largest absolute Gasteiger partial charge is 0.348 e. The van der Waals surface area contributed by atoms with Gasteiger partial charge in [0, 0.05) is 64.4 Å². The van der Waals surface area contributed by atoms with E-state index in [0.717, 1.165) is 104 Å². The second-order valence-electron chi connectivity index (χ2n) is 16.7. The second kappa shape index (κ2) is 18.7. The highest BCUT2D eigenvalue weighted by Gasteiger charge is 2.47. The molecule has 4 aromatic carbocycles. The lowest BCUT2D eigenvalue weighted by Gasteiger charge is -2.42. The van der Waals surface area contributed by atoms with Crippen LogP contribution < -0.4 is 21.3 Å². The third-order valence-electron chi connectivity index (χ3n) is 13.2. The van der Waals surface area contributed by atoms with Gasteiger partial charge in [-0.25, -0.2) is 15.0 Å². The van der Waals surface area contributed by atoms with E-state index in [9.17, 15) is 5.26 Å². The first-order chi connectivity index (χ1) is 30.4. The smallest absolute Gasteiger partial charge is 0.186 e. The number of thiazole rings is 3. The number of aromatic nitrogens is 3. The van der Waals surface area contributed by atoms with E-state index in [2.05, 4.69) is 150 Å². The third kappa shape index (κ3) is 9.31. The lowest BCUT2D eigenvalue weighted by atomic mass is 9.73. The van der Waals surface area contributed by atoms with Gasteiger partial charge in [-0.1, -0.05) is 46.3 Å². The Labute approximate surface area is 412 Å². The van der Waals surface area contributed by atoms with Crippen molar-refractivity contribution in [1.29, 1.82) is 10.5 Å². The molecule has 4 aliphatic rings. The number of piperidine rings is 2. The molecule has 5 heterocycles. The van der Waals surface area contributed by atoms with Gasteiger partial charge in [-0.05, 0) is 173 Å². The molecule has 0 amide bonds. The minimum atomic E-state index is 0.00689. The van der Waals surface area contributed by atoms with Crippen LogP contribution in [0.2, 0.25) is 0 Å². The van der Waals surface area contributed by atoms with E-state index in [-0.39, 0.29) is 22.9 Å². The van der Waals surface area contributed by atoms with E-state index in [1.54, 1.807) is 34.0 Å². The fraction of sp³-hybridized carbons (Fsp3) is 0.298. The van der Waals surface area contributed by atoms with Crippen LogP contribution in [0.25, 0.3) is 22.0 Å². The van der Waals surface area contributed by atoms with Crippen LogP contribution >= 0.6 is 97.7 Å². The number of fused-ring (bicyclic) bond motifs is 3. The summed E-state index contributed by atoms with van der Waals surface area (Å²) in [6.07, 6.45) is 6.28. The molecular weight excluding hydrogens is 1110 g/mol. The fourth-order valence-electron chi connectivity index (χ4n) is 9.67. The summed E-state index contributed by atoms with van der Waals surface area (Å²) in [5.74, 6) is 0. The van der Waals surface area contributed by atoms with E-state index >= 15 is 0 Å². The summed E-state index contributed by atoms with van der Waals surface area (Å²) >= 11 is 18.4. The Morgan fingerprint density at radius 3 is 1.59 bits per heavy atom. The number of hydrogen-bond donors (Lipinski definition) is 2. The average Bonchev–Trinajstić information content (AvgIpc) is 4.15. The van der Waals surface area contributed by atoms with Crippen molar-refractivity contribution in [3.63, 3.8) is 0 Å². The minimum Gasteiger partial charge on any atom is -0.348 e. The van der Waals surface area contributed by atoms with E-state index in [0.29, 0.717) is 11.1 Å². The maximum atomic E-state index is 9.26. The first-order valence-electron chi connectivity index (χ1n) is 20.5. The summed E-state index contributed by atoms with van der Waals surface area (Å²) in [6.45, 7) is 3.91. The van der Waals surface area contributed by atoms with Crippen LogP contribution in [0.1, 0.15) is 71.1 Å². The summed E-state index contributed by atoms with van der Waals surface area (Å²) in [5, 5.41) is 29.1. The molecule has 16 heteroatoms. The molecule has 0 unspecified atom stereocenters. The Morgan fingerprint density at radius 2 is 1.10 bits per heavy atom. The number of nitrogens with two attached hydrogens (primary N) is 2. The molecule has 0 bridgehead atoms. The summed E-state index contributed by atoms with van der Waals surface area (Å²) in [7, 11) is 0. The zero-order valence-corrected chi connectivity index (χ0v) is 42.7. The molecule has 2 spiro atoms. The maximum absolute atomic E-state index is 9.26. The van der Waals surface area contributed by atoms with Crippen molar-refractivity contribution in [1.82, 2.24) is 15.0 Å². The number of nitriles is 2. The molecule has 2 atom stereocenters. The van der Waals surface area contributed by atoms with Gasteiger partial charge >= 0.3 is 0 Å². The Morgan fingerprint density at radius 1 is 0.587 bits per heavy atom. The average molecular weight is 1150 g/mol. The zero-order chi connectivity index (χ0) is 43.9. The van der Waals surface area contributed by atoms with E-state index in [1.807, 2.05) is 35.0 Å². The van der Waals surface area contributed by atoms with Crippen LogP contribution in [-0.2, 0) is 12.8 Å². The van der Waals surface area contributed by atoms with Crippen molar-refractivity contribution < 1.29 is 0 Å². The molecule has 0 saturated carbocycles. The highest BCUT2D eigenvalue weighted by molar-refractivity contribution is 9.11. The Hall–Kier alpha value is -3.55. The third-order valence-corrected chi connectivity index (χ3v) is 18.3. The summed E-state index contributed by atoms with van der Waals surface area (Å²) in [4.78, 5) is 18.2. The first-order valence-corrected chi connectivity index (χ1v) is 26.4. The van der Waals surface area contributed by atoms with E-state index < -0.39 is 0 Å². The lowest BCUT2D eigenvalue weighted by Crippen LogP contribution is -2.44. The van der Waals surface area contributed by atoms with Crippen LogP contribution in [0.4, 0.5) is 10.3 Å². The predicted molar refractivity (Wildman–Crippen MR) is 271 cm³/mol. The molecule has 9 nitrogen and oxygen atoms in total. The van der Waals surface area contributed by atoms with Gasteiger partial charge in [0.2, 0.25) is 0 Å². The van der Waals surface area contributed by atoms with Crippen molar-refractivity contribution in [2.24, 2.45) is 22.3 Å². The zero-order valence-electron chi connectivity index (χ0n) is 33.9. The van der Waals surface area contributed by atoms with Crippen molar-refractivity contribution in [2.75, 3.05) is 36.0 Å². The molecule has 320 valence electrons. The van der Waals surface area contributed by atoms with Crippen LogP contribution in [0.3, 0.4) is 0 Å². The highest BCUT2D eigenvalue weighted by Crippen LogP contribution is 2.53. The first kappa shape index (κ1) is 44.6. The SMILES string of the molecule is Brc1csc(Br)n1.N#Cc1ccc2c(c1)[C@@H](N)C1(CCN(c3nc(-c4ccc5cc(Br)ccc5c4)cs3)CC1)C2.N#Cc1ccc2c(c1)[C@@H](N)C1(CCN(c3nc(Br)cs3)CC1)C2. The lowest BCUT2D eigenvalue weighted by molar-refractivity contribution is 0.187. The molecule has 2 fully saturated rings. The molecule has 11 rings (SSSR count). The number of halogens is 4. The fourth-order valence-corrected chi connectivity index (χ4v) is 13.9. The monoisotopic (exact) mass is 1140 g/mol. The van der Waals surface area contributed by atoms with Crippen molar-refractivity contribution in [3.05, 3.63) is 140 Å². The minimum absolute atomic E-state index is 0.00689. The van der Waals surface area contributed by atoms with Gasteiger partial charge < -0.3 is 21.3 Å². The van der Waals surface area contributed by atoms with Gasteiger partial charge in [0.25, 0.3) is 0 Å². The van der Waals surface area contributed by atoms with Crippen molar-refractivity contribution >= 4 is 119 Å². The number of nitrogens with zero attached hydrogens (tertiary/aromatic N) is 7. The van der Waals surface area contributed by atoms with Gasteiger partial charge in [0.1, 0.15) is 9.21 Å². The van der Waals surface area contributed by atoms with Crippen LogP contribution in [0, 0.1) is 33.5 Å². The molecule has 2 saturated heterocycles. The Bertz CT molecular complexity index is 2860. The van der Waals surface area contributed by atoms with Crippen molar-refractivity contribution in [3.8, 4) is 23.4 Å². The summed E-state index contributed by atoms with van der Waals surface area (Å²) < 4.78 is 3.81. The second-order valence-corrected chi connectivity index (χ2v) is 23.0. The van der Waals surface area contributed by atoms with Gasteiger partial charge in [-0.2, -0.15) is 10.5 Å². The quantitative estimate of drug-likeness (QED) is 0.177. The van der Waals surface area contributed by atoms with Crippen molar-refractivity contribution in [2.45, 2.75) is 50.6 Å². The van der Waals surface area contributed by atoms with E-state index in [1.165, 1.54) is 33.0 Å². The van der Waals surface area contributed by atoms with Gasteiger partial charge in [0.05, 0.1) is 29.0 Å². The molecule has 0 radical (unpaired) electrons. The van der Waals surface area contributed by atoms with E-state index in [4.69, 9.17) is 21.7 Å². The number of benzene rings is 4. The summed E-state index contributed by atoms with van der Waals surface area (Å²) in [5.41, 5.74) is 22.2. The molecule has 2 aliphatic heterocycles. The van der Waals surface area contributed by atoms with Crippen LogP contribution in [-0.4, -0.2) is 41.1 Å². The van der Waals surface area contributed by atoms with Crippen LogP contribution in [0.5, 0.6) is 0 Å².